The molecule has 3 nitrogen and oxygen atoms in total. The van der Waals surface area contributed by atoms with Crippen LogP contribution in [0.3, 0.4) is 0 Å². The number of carbonyl (C=O) groups excluding carboxylic acids is 1. The number of rotatable bonds is 8. The molecular weight excluding hydrogens is 192 g/mol. The number of aliphatic hydroxyl groups is 2. The molecule has 3 atom stereocenters. The van der Waals surface area contributed by atoms with Crippen LogP contribution in [-0.4, -0.2) is 28.2 Å². The van der Waals surface area contributed by atoms with E-state index in [4.69, 9.17) is 0 Å². The highest BCUT2D eigenvalue weighted by Gasteiger charge is 2.25. The van der Waals surface area contributed by atoms with Crippen LogP contribution in [0.5, 0.6) is 0 Å². The number of carbonyl (C=O) groups is 1. The number of hydrogen-bond acceptors (Lipinski definition) is 3. The normalized spacial score (nSPS) is 16.8. The van der Waals surface area contributed by atoms with Crippen molar-refractivity contribution >= 4 is 5.78 Å². The fraction of sp³-hybridized carbons (Fsp3) is 0.750. The number of aliphatic hydroxyl groups excluding tert-OH is 2. The molecule has 0 aliphatic heterocycles. The Hall–Kier alpha value is -0.670. The Kier molecular flexibility index (Phi) is 7.26. The van der Waals surface area contributed by atoms with Crippen molar-refractivity contribution in [3.05, 3.63) is 12.7 Å². The lowest BCUT2D eigenvalue weighted by Crippen LogP contribution is -2.32. The van der Waals surface area contributed by atoms with Crippen LogP contribution < -0.4 is 0 Å². The van der Waals surface area contributed by atoms with Gasteiger partial charge in [-0.3, -0.25) is 4.79 Å². The molecule has 0 saturated carbocycles. The summed E-state index contributed by atoms with van der Waals surface area (Å²) < 4.78 is 0. The molecule has 0 rings (SSSR count). The van der Waals surface area contributed by atoms with Crippen LogP contribution in [0, 0.1) is 5.92 Å². The lowest BCUT2D eigenvalue weighted by atomic mass is 9.88. The summed E-state index contributed by atoms with van der Waals surface area (Å²) in [5.41, 5.74) is 0. The first-order valence-electron chi connectivity index (χ1n) is 5.58. The molecule has 0 radical (unpaired) electrons. The van der Waals surface area contributed by atoms with E-state index in [1.807, 2.05) is 13.8 Å². The van der Waals surface area contributed by atoms with Crippen molar-refractivity contribution in [3.63, 3.8) is 0 Å². The number of hydrogen-bond donors (Lipinski definition) is 2. The van der Waals surface area contributed by atoms with E-state index in [0.29, 0.717) is 12.8 Å². The third-order valence-corrected chi connectivity index (χ3v) is 2.68. The molecule has 88 valence electrons. The summed E-state index contributed by atoms with van der Waals surface area (Å²) in [4.78, 5) is 11.1. The molecule has 0 aromatic rings. The van der Waals surface area contributed by atoms with Gasteiger partial charge in [0.05, 0.1) is 12.2 Å². The van der Waals surface area contributed by atoms with E-state index in [1.165, 1.54) is 6.08 Å². The van der Waals surface area contributed by atoms with Crippen LogP contribution in [-0.2, 0) is 4.79 Å². The predicted molar refractivity (Wildman–Crippen MR) is 60.5 cm³/mol. The first-order chi connectivity index (χ1) is 7.06. The van der Waals surface area contributed by atoms with Gasteiger partial charge in [0.15, 0.2) is 5.78 Å². The second-order valence-corrected chi connectivity index (χ2v) is 3.87. The van der Waals surface area contributed by atoms with Gasteiger partial charge < -0.3 is 10.2 Å². The second kappa shape index (κ2) is 7.60. The van der Waals surface area contributed by atoms with Crippen LogP contribution in [0.15, 0.2) is 12.7 Å². The van der Waals surface area contributed by atoms with E-state index in [0.717, 1.165) is 6.42 Å². The lowest BCUT2D eigenvalue weighted by molar-refractivity contribution is -0.118. The minimum atomic E-state index is -0.762. The Labute approximate surface area is 91.8 Å². The SMILES string of the molecule is C=CC(=O)CC(O)C(CC)C(O)CCC. The van der Waals surface area contributed by atoms with Crippen molar-refractivity contribution in [2.24, 2.45) is 5.92 Å². The Morgan fingerprint density at radius 3 is 2.33 bits per heavy atom. The van der Waals surface area contributed by atoms with Crippen molar-refractivity contribution in [1.29, 1.82) is 0 Å². The largest absolute Gasteiger partial charge is 0.393 e. The van der Waals surface area contributed by atoms with Crippen LogP contribution in [0.25, 0.3) is 0 Å². The smallest absolute Gasteiger partial charge is 0.157 e. The van der Waals surface area contributed by atoms with Gasteiger partial charge in [-0.25, -0.2) is 0 Å². The first kappa shape index (κ1) is 14.3. The Balaban J connectivity index is 4.25. The minimum Gasteiger partial charge on any atom is -0.393 e. The Morgan fingerprint density at radius 1 is 1.33 bits per heavy atom. The van der Waals surface area contributed by atoms with Crippen LogP contribution in [0.4, 0.5) is 0 Å². The van der Waals surface area contributed by atoms with Crippen LogP contribution in [0.2, 0.25) is 0 Å². The summed E-state index contributed by atoms with van der Waals surface area (Å²) in [5.74, 6) is -0.390. The van der Waals surface area contributed by atoms with Crippen molar-refractivity contribution in [2.45, 2.75) is 51.7 Å². The average Bonchev–Trinajstić information content (AvgIpc) is 2.19. The molecule has 3 unspecified atom stereocenters. The molecule has 0 aromatic heterocycles. The molecule has 0 saturated heterocycles. The molecule has 0 aromatic carbocycles. The highest BCUT2D eigenvalue weighted by atomic mass is 16.3. The summed E-state index contributed by atoms with van der Waals surface area (Å²) in [6.45, 7) is 7.25. The second-order valence-electron chi connectivity index (χ2n) is 3.87. The van der Waals surface area contributed by atoms with Gasteiger partial charge in [0, 0.05) is 12.3 Å². The van der Waals surface area contributed by atoms with Crippen molar-refractivity contribution in [3.8, 4) is 0 Å². The molecule has 0 bridgehead atoms. The summed E-state index contributed by atoms with van der Waals surface area (Å²) in [7, 11) is 0. The molecule has 0 fully saturated rings. The Morgan fingerprint density at radius 2 is 1.93 bits per heavy atom. The highest BCUT2D eigenvalue weighted by molar-refractivity contribution is 5.89. The van der Waals surface area contributed by atoms with Crippen molar-refractivity contribution in [1.82, 2.24) is 0 Å². The van der Waals surface area contributed by atoms with E-state index in [2.05, 4.69) is 6.58 Å². The molecule has 0 amide bonds. The maximum Gasteiger partial charge on any atom is 0.157 e. The summed E-state index contributed by atoms with van der Waals surface area (Å²) in [6, 6.07) is 0. The standard InChI is InChI=1S/C12H22O3/c1-4-7-11(14)10(6-3)12(15)8-9(13)5-2/h5,10-12,14-15H,2,4,6-8H2,1,3H3. The number of ketones is 1. The van der Waals surface area contributed by atoms with Crippen molar-refractivity contribution in [2.75, 3.05) is 0 Å². The topological polar surface area (TPSA) is 57.5 Å². The number of allylic oxidation sites excluding steroid dienone is 1. The average molecular weight is 214 g/mol. The van der Waals surface area contributed by atoms with E-state index in [-0.39, 0.29) is 18.1 Å². The maximum atomic E-state index is 11.1. The van der Waals surface area contributed by atoms with Gasteiger partial charge >= 0.3 is 0 Å². The third kappa shape index (κ3) is 5.09. The summed E-state index contributed by atoms with van der Waals surface area (Å²) in [6.07, 6.45) is 2.20. The first-order valence-corrected chi connectivity index (χ1v) is 5.58. The zero-order chi connectivity index (χ0) is 11.8. The van der Waals surface area contributed by atoms with E-state index >= 15 is 0 Å². The van der Waals surface area contributed by atoms with Gasteiger partial charge in [-0.2, -0.15) is 0 Å². The Bertz CT molecular complexity index is 201. The van der Waals surface area contributed by atoms with Gasteiger partial charge in [-0.1, -0.05) is 26.8 Å². The molecule has 0 aliphatic carbocycles. The van der Waals surface area contributed by atoms with Gasteiger partial charge in [0.1, 0.15) is 0 Å². The molecule has 0 spiro atoms. The van der Waals surface area contributed by atoms with Crippen LogP contribution >= 0.6 is 0 Å². The molecule has 2 N–H and O–H groups in total. The van der Waals surface area contributed by atoms with Gasteiger partial charge in [0.25, 0.3) is 0 Å². The molecule has 0 heterocycles. The third-order valence-electron chi connectivity index (χ3n) is 2.68. The zero-order valence-electron chi connectivity index (χ0n) is 9.65. The molecular formula is C12H22O3. The van der Waals surface area contributed by atoms with Gasteiger partial charge in [0.2, 0.25) is 0 Å². The monoisotopic (exact) mass is 214 g/mol. The fourth-order valence-corrected chi connectivity index (χ4v) is 1.75. The summed E-state index contributed by atoms with van der Waals surface area (Å²) >= 11 is 0. The van der Waals surface area contributed by atoms with Gasteiger partial charge in [-0.05, 0) is 18.9 Å². The maximum absolute atomic E-state index is 11.1. The van der Waals surface area contributed by atoms with E-state index < -0.39 is 12.2 Å². The quantitative estimate of drug-likeness (QED) is 0.604. The summed E-state index contributed by atoms with van der Waals surface area (Å²) in [5, 5.41) is 19.5. The highest BCUT2D eigenvalue weighted by Crippen LogP contribution is 2.20. The van der Waals surface area contributed by atoms with Crippen molar-refractivity contribution < 1.29 is 15.0 Å². The molecule has 15 heavy (non-hydrogen) atoms. The van der Waals surface area contributed by atoms with Crippen LogP contribution in [0.1, 0.15) is 39.5 Å². The fourth-order valence-electron chi connectivity index (χ4n) is 1.75. The van der Waals surface area contributed by atoms with Gasteiger partial charge in [-0.15, -0.1) is 0 Å². The lowest BCUT2D eigenvalue weighted by Gasteiger charge is -2.25. The minimum absolute atomic E-state index is 0.0583. The molecule has 3 heteroatoms. The van der Waals surface area contributed by atoms with E-state index in [9.17, 15) is 15.0 Å². The van der Waals surface area contributed by atoms with E-state index in [1.54, 1.807) is 0 Å². The zero-order valence-corrected chi connectivity index (χ0v) is 9.65. The predicted octanol–water partition coefficient (Wildman–Crippen LogP) is 1.68. The molecule has 0 aliphatic rings.